The third-order valence-corrected chi connectivity index (χ3v) is 5.22. The van der Waals surface area contributed by atoms with Gasteiger partial charge in [-0.05, 0) is 37.8 Å². The Morgan fingerprint density at radius 3 is 2.73 bits per heavy atom. The second kappa shape index (κ2) is 7.45. The lowest BCUT2D eigenvalue weighted by Crippen LogP contribution is -2.56. The van der Waals surface area contributed by atoms with Gasteiger partial charge in [-0.15, -0.1) is 0 Å². The van der Waals surface area contributed by atoms with Crippen LogP contribution in [0.2, 0.25) is 0 Å². The van der Waals surface area contributed by atoms with Gasteiger partial charge in [-0.1, -0.05) is 24.3 Å². The smallest absolute Gasteiger partial charge is 0.322 e. The van der Waals surface area contributed by atoms with Gasteiger partial charge < -0.3 is 10.6 Å². The molecule has 4 amide bonds. The molecule has 3 N–H and O–H groups in total. The topological polar surface area (TPSA) is 90.5 Å². The van der Waals surface area contributed by atoms with Crippen LogP contribution in [0.15, 0.2) is 24.3 Å². The molecule has 7 heteroatoms. The number of nitrogens with zero attached hydrogens (tertiary/aromatic N) is 1. The van der Waals surface area contributed by atoms with Crippen molar-refractivity contribution < 1.29 is 14.4 Å². The predicted octanol–water partition coefficient (Wildman–Crippen LogP) is 0.928. The molecule has 1 aromatic carbocycles. The average Bonchev–Trinajstić information content (AvgIpc) is 2.79. The molecule has 2 heterocycles. The molecule has 0 saturated carbocycles. The molecule has 2 aliphatic heterocycles. The fourth-order valence-corrected chi connectivity index (χ4v) is 3.48. The van der Waals surface area contributed by atoms with Gasteiger partial charge in [0.05, 0.1) is 0 Å². The van der Waals surface area contributed by atoms with E-state index in [4.69, 9.17) is 0 Å². The number of urea groups is 1. The van der Waals surface area contributed by atoms with Crippen molar-refractivity contribution >= 4 is 17.8 Å². The Hall–Kier alpha value is -2.41. The van der Waals surface area contributed by atoms with Crippen molar-refractivity contribution in [1.82, 2.24) is 20.9 Å². The van der Waals surface area contributed by atoms with Gasteiger partial charge >= 0.3 is 6.03 Å². The number of amides is 4. The van der Waals surface area contributed by atoms with Crippen molar-refractivity contribution in [2.45, 2.75) is 51.2 Å². The van der Waals surface area contributed by atoms with Crippen LogP contribution in [0.1, 0.15) is 37.8 Å². The highest BCUT2D eigenvalue weighted by Crippen LogP contribution is 2.25. The Bertz CT molecular complexity index is 716. The molecule has 3 rings (SSSR count). The van der Waals surface area contributed by atoms with Crippen LogP contribution in [-0.4, -0.2) is 47.4 Å². The van der Waals surface area contributed by atoms with Crippen molar-refractivity contribution in [1.29, 1.82) is 0 Å². The average molecular weight is 358 g/mol. The zero-order chi connectivity index (χ0) is 18.7. The van der Waals surface area contributed by atoms with Gasteiger partial charge in [0.25, 0.3) is 0 Å². The quantitative estimate of drug-likeness (QED) is 0.747. The van der Waals surface area contributed by atoms with Crippen LogP contribution in [0.25, 0.3) is 0 Å². The molecule has 7 nitrogen and oxygen atoms in total. The van der Waals surface area contributed by atoms with Crippen LogP contribution in [-0.2, 0) is 22.6 Å². The molecule has 0 bridgehead atoms. The second-order valence-electron chi connectivity index (χ2n) is 7.58. The minimum absolute atomic E-state index is 0.156. The fraction of sp³-hybridized carbons (Fsp3) is 0.526. The molecule has 0 radical (unpaired) electrons. The molecule has 0 unspecified atom stereocenters. The van der Waals surface area contributed by atoms with E-state index in [2.05, 4.69) is 59.0 Å². The number of hydrogen-bond donors (Lipinski definition) is 3. The first-order chi connectivity index (χ1) is 12.3. The number of fused-ring (bicyclic) bond motifs is 1. The largest absolute Gasteiger partial charge is 0.352 e. The number of benzene rings is 1. The molecule has 140 valence electrons. The Balaban J connectivity index is 1.57. The lowest BCUT2D eigenvalue weighted by atomic mass is 9.94. The third-order valence-electron chi connectivity index (χ3n) is 5.22. The summed E-state index contributed by atoms with van der Waals surface area (Å²) in [7, 11) is 0. The highest BCUT2D eigenvalue weighted by molar-refractivity contribution is 5.98. The van der Waals surface area contributed by atoms with E-state index in [0.29, 0.717) is 13.0 Å². The van der Waals surface area contributed by atoms with E-state index >= 15 is 0 Å². The van der Waals surface area contributed by atoms with Gasteiger partial charge in [0.15, 0.2) is 0 Å². The van der Waals surface area contributed by atoms with E-state index in [1.54, 1.807) is 0 Å². The minimum Gasteiger partial charge on any atom is -0.352 e. The van der Waals surface area contributed by atoms with Gasteiger partial charge in [0.1, 0.15) is 6.04 Å². The van der Waals surface area contributed by atoms with E-state index in [-0.39, 0.29) is 23.8 Å². The van der Waals surface area contributed by atoms with Gasteiger partial charge in [0.2, 0.25) is 11.8 Å². The third kappa shape index (κ3) is 4.22. The summed E-state index contributed by atoms with van der Waals surface area (Å²) < 4.78 is 0. The van der Waals surface area contributed by atoms with Crippen molar-refractivity contribution in [2.24, 2.45) is 0 Å². The van der Waals surface area contributed by atoms with Crippen LogP contribution >= 0.6 is 0 Å². The number of carbonyl (C=O) groups is 3. The Kier molecular flexibility index (Phi) is 5.27. The van der Waals surface area contributed by atoms with Crippen LogP contribution in [0.4, 0.5) is 4.79 Å². The summed E-state index contributed by atoms with van der Waals surface area (Å²) in [5.74, 6) is -0.606. The molecule has 1 saturated heterocycles. The van der Waals surface area contributed by atoms with E-state index in [0.717, 1.165) is 19.5 Å². The first-order valence-corrected chi connectivity index (χ1v) is 9.05. The summed E-state index contributed by atoms with van der Waals surface area (Å²) in [5.41, 5.74) is 2.51. The van der Waals surface area contributed by atoms with Crippen LogP contribution in [0.3, 0.4) is 0 Å². The molecule has 26 heavy (non-hydrogen) atoms. The van der Waals surface area contributed by atoms with Gasteiger partial charge in [0, 0.05) is 31.6 Å². The molecular formula is C19H26N4O3. The van der Waals surface area contributed by atoms with Crippen molar-refractivity contribution in [3.8, 4) is 0 Å². The highest BCUT2D eigenvalue weighted by Gasteiger charge is 2.32. The molecule has 0 aromatic heterocycles. The first kappa shape index (κ1) is 18.4. The SMILES string of the molecule is CC(C)(CNC(=O)[C@H]1CCC(=O)NC(=O)N1)N1CCc2ccccc2C1. The molecule has 2 aliphatic rings. The van der Waals surface area contributed by atoms with Gasteiger partial charge in [-0.2, -0.15) is 0 Å². The summed E-state index contributed by atoms with van der Waals surface area (Å²) in [6.07, 6.45) is 1.46. The molecular weight excluding hydrogens is 332 g/mol. The summed E-state index contributed by atoms with van der Waals surface area (Å²) >= 11 is 0. The number of rotatable bonds is 4. The van der Waals surface area contributed by atoms with Gasteiger partial charge in [-0.25, -0.2) is 4.79 Å². The van der Waals surface area contributed by atoms with Crippen molar-refractivity contribution in [3.05, 3.63) is 35.4 Å². The van der Waals surface area contributed by atoms with Crippen LogP contribution in [0, 0.1) is 0 Å². The standard InChI is InChI=1S/C19H26N4O3/c1-19(2,23-10-9-13-5-3-4-6-14(13)11-23)12-20-17(25)15-7-8-16(24)22-18(26)21-15/h3-6,15H,7-12H2,1-2H3,(H,20,25)(H2,21,22,24,26)/t15-/m1/s1. The maximum atomic E-state index is 12.4. The van der Waals surface area contributed by atoms with Crippen LogP contribution in [0.5, 0.6) is 0 Å². The first-order valence-electron chi connectivity index (χ1n) is 9.05. The number of nitrogens with one attached hydrogen (secondary N) is 3. The maximum absolute atomic E-state index is 12.4. The van der Waals surface area contributed by atoms with E-state index in [1.807, 2.05) is 0 Å². The van der Waals surface area contributed by atoms with Crippen molar-refractivity contribution in [2.75, 3.05) is 13.1 Å². The predicted molar refractivity (Wildman–Crippen MR) is 97.3 cm³/mol. The lowest BCUT2D eigenvalue weighted by Gasteiger charge is -2.41. The molecule has 0 aliphatic carbocycles. The lowest BCUT2D eigenvalue weighted by molar-refractivity contribution is -0.123. The Morgan fingerprint density at radius 1 is 1.23 bits per heavy atom. The van der Waals surface area contributed by atoms with E-state index in [9.17, 15) is 14.4 Å². The van der Waals surface area contributed by atoms with E-state index < -0.39 is 12.1 Å². The highest BCUT2D eigenvalue weighted by atomic mass is 16.2. The van der Waals surface area contributed by atoms with Gasteiger partial charge in [-0.3, -0.25) is 19.8 Å². The summed E-state index contributed by atoms with van der Waals surface area (Å²) in [4.78, 5) is 37.7. The second-order valence-corrected chi connectivity index (χ2v) is 7.58. The van der Waals surface area contributed by atoms with E-state index in [1.165, 1.54) is 11.1 Å². The number of carbonyl (C=O) groups excluding carboxylic acids is 3. The zero-order valence-corrected chi connectivity index (χ0v) is 15.3. The molecule has 1 aromatic rings. The molecule has 0 spiro atoms. The summed E-state index contributed by atoms with van der Waals surface area (Å²) in [6, 6.07) is 7.16. The van der Waals surface area contributed by atoms with Crippen LogP contribution < -0.4 is 16.0 Å². The summed E-state index contributed by atoms with van der Waals surface area (Å²) in [6.45, 7) is 6.49. The normalized spacial score (nSPS) is 21.2. The maximum Gasteiger partial charge on any atom is 0.322 e. The Morgan fingerprint density at radius 2 is 1.96 bits per heavy atom. The van der Waals surface area contributed by atoms with Crippen molar-refractivity contribution in [3.63, 3.8) is 0 Å². The minimum atomic E-state index is -0.681. The number of imide groups is 1. The number of hydrogen-bond acceptors (Lipinski definition) is 4. The monoisotopic (exact) mass is 358 g/mol. The fourth-order valence-electron chi connectivity index (χ4n) is 3.48. The molecule has 1 fully saturated rings. The zero-order valence-electron chi connectivity index (χ0n) is 15.3. The summed E-state index contributed by atoms with van der Waals surface area (Å²) in [5, 5.41) is 7.67. The molecule has 1 atom stereocenters. The Labute approximate surface area is 153 Å².